The van der Waals surface area contributed by atoms with Gasteiger partial charge in [0.05, 0.1) is 6.61 Å². The van der Waals surface area contributed by atoms with Gasteiger partial charge in [0.1, 0.15) is 13.2 Å². The molecule has 2 amide bonds. The van der Waals surface area contributed by atoms with Gasteiger partial charge in [0, 0.05) is 24.3 Å². The number of amides is 2. The summed E-state index contributed by atoms with van der Waals surface area (Å²) in [6, 6.07) is 0.287. The first kappa shape index (κ1) is 28.0. The summed E-state index contributed by atoms with van der Waals surface area (Å²) >= 11 is 0. The van der Waals surface area contributed by atoms with Crippen molar-refractivity contribution in [1.29, 1.82) is 0 Å². The molecule has 194 valence electrons. The molecule has 0 aromatic rings. The molecule has 2 atom stereocenters. The number of hydrogen-bond donors (Lipinski definition) is 3. The molecule has 0 saturated heterocycles. The van der Waals surface area contributed by atoms with E-state index in [0.29, 0.717) is 36.9 Å². The SMILES string of the molecule is C=C(C)C(=O)OCCOC(=O)NC1CCCC(CC2CCC(NC(=O)OCCCCO)CC2)C1. The minimum Gasteiger partial charge on any atom is -0.459 e. The third kappa shape index (κ3) is 11.2. The van der Waals surface area contributed by atoms with E-state index >= 15 is 0 Å². The fraction of sp³-hybridized carbons (Fsp3) is 0.800. The number of hydrogen-bond acceptors (Lipinski definition) is 7. The number of rotatable bonds is 12. The van der Waals surface area contributed by atoms with Gasteiger partial charge in [-0.25, -0.2) is 14.4 Å². The summed E-state index contributed by atoms with van der Waals surface area (Å²) in [4.78, 5) is 35.3. The second-order valence-electron chi connectivity index (χ2n) is 9.59. The smallest absolute Gasteiger partial charge is 0.407 e. The molecule has 3 N–H and O–H groups in total. The molecule has 2 fully saturated rings. The largest absolute Gasteiger partial charge is 0.459 e. The van der Waals surface area contributed by atoms with Gasteiger partial charge in [0.25, 0.3) is 0 Å². The second-order valence-corrected chi connectivity index (χ2v) is 9.59. The normalized spacial score (nSPS) is 24.5. The Labute approximate surface area is 203 Å². The van der Waals surface area contributed by atoms with Crippen LogP contribution in [0.15, 0.2) is 12.2 Å². The minimum atomic E-state index is -0.488. The molecule has 2 aliphatic rings. The summed E-state index contributed by atoms with van der Waals surface area (Å²) < 4.78 is 15.2. The lowest BCUT2D eigenvalue weighted by molar-refractivity contribution is -0.139. The molecular formula is C25H42N2O7. The van der Waals surface area contributed by atoms with Crippen molar-refractivity contribution in [3.8, 4) is 0 Å². The summed E-state index contributed by atoms with van der Waals surface area (Å²) in [5.41, 5.74) is 0.315. The van der Waals surface area contributed by atoms with Crippen LogP contribution in [-0.2, 0) is 19.0 Å². The highest BCUT2D eigenvalue weighted by Gasteiger charge is 2.29. The van der Waals surface area contributed by atoms with E-state index in [4.69, 9.17) is 19.3 Å². The minimum absolute atomic E-state index is 0.0192. The predicted molar refractivity (Wildman–Crippen MR) is 127 cm³/mol. The number of alkyl carbamates (subject to hydrolysis) is 2. The molecule has 0 bridgehead atoms. The first-order valence-electron chi connectivity index (χ1n) is 12.7. The molecule has 0 aromatic carbocycles. The highest BCUT2D eigenvalue weighted by Crippen LogP contribution is 2.35. The number of aliphatic hydroxyl groups excluding tert-OH is 1. The Morgan fingerprint density at radius 3 is 2.15 bits per heavy atom. The Morgan fingerprint density at radius 2 is 1.47 bits per heavy atom. The lowest BCUT2D eigenvalue weighted by atomic mass is 9.75. The van der Waals surface area contributed by atoms with Crippen LogP contribution in [0, 0.1) is 11.8 Å². The zero-order valence-electron chi connectivity index (χ0n) is 20.5. The number of nitrogens with one attached hydrogen (secondary N) is 2. The Bertz CT molecular complexity index is 662. The summed E-state index contributed by atoms with van der Waals surface area (Å²) in [5.74, 6) is 0.747. The Kier molecular flexibility index (Phi) is 12.8. The molecule has 0 spiro atoms. The first-order chi connectivity index (χ1) is 16.4. The maximum atomic E-state index is 12.1. The van der Waals surface area contributed by atoms with Crippen LogP contribution >= 0.6 is 0 Å². The van der Waals surface area contributed by atoms with E-state index in [1.807, 2.05) is 0 Å². The van der Waals surface area contributed by atoms with Crippen LogP contribution in [0.2, 0.25) is 0 Å². The van der Waals surface area contributed by atoms with Crippen molar-refractivity contribution < 1.29 is 33.7 Å². The monoisotopic (exact) mass is 482 g/mol. The molecule has 0 heterocycles. The van der Waals surface area contributed by atoms with Gasteiger partial charge in [0.2, 0.25) is 0 Å². The molecule has 0 radical (unpaired) electrons. The molecular weight excluding hydrogens is 440 g/mol. The van der Waals surface area contributed by atoms with Crippen molar-refractivity contribution >= 4 is 18.2 Å². The molecule has 0 aliphatic heterocycles. The molecule has 2 aliphatic carbocycles. The van der Waals surface area contributed by atoms with Crippen molar-refractivity contribution in [3.63, 3.8) is 0 Å². The van der Waals surface area contributed by atoms with Gasteiger partial charge in [-0.15, -0.1) is 0 Å². The molecule has 2 saturated carbocycles. The lowest BCUT2D eigenvalue weighted by Crippen LogP contribution is -2.40. The summed E-state index contributed by atoms with van der Waals surface area (Å²) in [6.07, 6.45) is 9.95. The molecule has 34 heavy (non-hydrogen) atoms. The van der Waals surface area contributed by atoms with E-state index in [9.17, 15) is 14.4 Å². The molecule has 2 rings (SSSR count). The molecule has 0 aromatic heterocycles. The van der Waals surface area contributed by atoms with E-state index in [1.54, 1.807) is 6.92 Å². The van der Waals surface area contributed by atoms with Gasteiger partial charge < -0.3 is 30.0 Å². The van der Waals surface area contributed by atoms with Gasteiger partial charge in [-0.05, 0) is 76.5 Å². The van der Waals surface area contributed by atoms with Crippen molar-refractivity contribution in [1.82, 2.24) is 10.6 Å². The van der Waals surface area contributed by atoms with Crippen LogP contribution in [0.25, 0.3) is 0 Å². The fourth-order valence-corrected chi connectivity index (χ4v) is 4.84. The third-order valence-corrected chi connectivity index (χ3v) is 6.62. The van der Waals surface area contributed by atoms with E-state index < -0.39 is 12.1 Å². The summed E-state index contributed by atoms with van der Waals surface area (Å²) in [7, 11) is 0. The number of aliphatic hydroxyl groups is 1. The van der Waals surface area contributed by atoms with Crippen LogP contribution in [0.5, 0.6) is 0 Å². The maximum Gasteiger partial charge on any atom is 0.407 e. The highest BCUT2D eigenvalue weighted by molar-refractivity contribution is 5.86. The average Bonchev–Trinajstić information content (AvgIpc) is 2.81. The van der Waals surface area contributed by atoms with Gasteiger partial charge in [-0.3, -0.25) is 0 Å². The standard InChI is InChI=1S/C25H42N2O7/c1-18(2)23(29)32-14-15-34-25(31)27-22-7-5-6-20(17-22)16-19-8-10-21(11-9-19)26-24(30)33-13-4-3-12-28/h19-22,28H,1,3-17H2,2H3,(H,26,30)(H,27,31). The van der Waals surface area contributed by atoms with Crippen molar-refractivity contribution in [3.05, 3.63) is 12.2 Å². The van der Waals surface area contributed by atoms with Crippen molar-refractivity contribution in [2.24, 2.45) is 11.8 Å². The molecule has 2 unspecified atom stereocenters. The number of carbonyl (C=O) groups is 3. The van der Waals surface area contributed by atoms with Gasteiger partial charge in [0.15, 0.2) is 0 Å². The third-order valence-electron chi connectivity index (χ3n) is 6.62. The summed E-state index contributed by atoms with van der Waals surface area (Å²) in [5, 5.41) is 14.7. The quantitative estimate of drug-likeness (QED) is 0.167. The number of esters is 1. The molecule has 9 nitrogen and oxygen atoms in total. The fourth-order valence-electron chi connectivity index (χ4n) is 4.84. The highest BCUT2D eigenvalue weighted by atomic mass is 16.6. The van der Waals surface area contributed by atoms with Crippen LogP contribution in [0.1, 0.15) is 77.6 Å². The van der Waals surface area contributed by atoms with Gasteiger partial charge in [-0.2, -0.15) is 0 Å². The number of carbonyl (C=O) groups excluding carboxylic acids is 3. The summed E-state index contributed by atoms with van der Waals surface area (Å²) in [6.45, 7) is 5.57. The number of ether oxygens (including phenoxy) is 3. The van der Waals surface area contributed by atoms with Crippen LogP contribution in [0.4, 0.5) is 9.59 Å². The number of unbranched alkanes of at least 4 members (excludes halogenated alkanes) is 1. The Balaban J connectivity index is 1.58. The zero-order chi connectivity index (χ0) is 24.8. The second kappa shape index (κ2) is 15.6. The van der Waals surface area contributed by atoms with Gasteiger partial charge in [-0.1, -0.05) is 19.4 Å². The van der Waals surface area contributed by atoms with Crippen molar-refractivity contribution in [2.75, 3.05) is 26.4 Å². The maximum absolute atomic E-state index is 12.1. The Hall–Kier alpha value is -2.29. The average molecular weight is 483 g/mol. The van der Waals surface area contributed by atoms with E-state index in [1.165, 1.54) is 6.42 Å². The predicted octanol–water partition coefficient (Wildman–Crippen LogP) is 3.84. The lowest BCUT2D eigenvalue weighted by Gasteiger charge is -2.34. The topological polar surface area (TPSA) is 123 Å². The van der Waals surface area contributed by atoms with Crippen LogP contribution < -0.4 is 10.6 Å². The first-order valence-corrected chi connectivity index (χ1v) is 12.7. The van der Waals surface area contributed by atoms with E-state index in [2.05, 4.69) is 17.2 Å². The van der Waals surface area contributed by atoms with Crippen LogP contribution in [0.3, 0.4) is 0 Å². The van der Waals surface area contributed by atoms with E-state index in [-0.39, 0.29) is 38.0 Å². The van der Waals surface area contributed by atoms with Gasteiger partial charge >= 0.3 is 18.2 Å². The zero-order valence-corrected chi connectivity index (χ0v) is 20.5. The van der Waals surface area contributed by atoms with Crippen LogP contribution in [-0.4, -0.2) is 61.8 Å². The van der Waals surface area contributed by atoms with E-state index in [0.717, 1.165) is 51.4 Å². The van der Waals surface area contributed by atoms with Crippen molar-refractivity contribution in [2.45, 2.75) is 89.6 Å². The molecule has 9 heteroatoms. The Morgan fingerprint density at radius 1 is 0.824 bits per heavy atom.